The molecule has 2 aliphatic carbocycles. The number of likely N-dealkylation sites (N-methyl/N-ethyl adjacent to an activating group) is 1. The van der Waals surface area contributed by atoms with E-state index in [1.807, 2.05) is 52.9 Å². The second-order valence-electron chi connectivity index (χ2n) is 14.3. The van der Waals surface area contributed by atoms with Crippen molar-refractivity contribution in [3.05, 3.63) is 30.1 Å². The van der Waals surface area contributed by atoms with Gasteiger partial charge < -0.3 is 20.4 Å². The molecular weight excluding hydrogens is 554 g/mol. The van der Waals surface area contributed by atoms with Crippen LogP contribution in [0.25, 0.3) is 11.0 Å². The molecule has 9 nitrogen and oxygen atoms in total. The minimum absolute atomic E-state index is 0.0502. The summed E-state index contributed by atoms with van der Waals surface area (Å²) < 4.78 is 5.65. The molecule has 2 heterocycles. The van der Waals surface area contributed by atoms with Crippen LogP contribution in [0.2, 0.25) is 0 Å². The van der Waals surface area contributed by atoms with Gasteiger partial charge >= 0.3 is 6.09 Å². The molecule has 0 saturated heterocycles. The van der Waals surface area contributed by atoms with Crippen molar-refractivity contribution in [2.75, 3.05) is 7.05 Å². The molecule has 0 bridgehead atoms. The average Bonchev–Trinajstić information content (AvgIpc) is 3.48. The molecule has 0 spiro atoms. The van der Waals surface area contributed by atoms with Crippen LogP contribution in [0, 0.1) is 23.7 Å². The lowest BCUT2D eigenvalue weighted by atomic mass is 9.66. The number of amides is 3. The van der Waals surface area contributed by atoms with Gasteiger partial charge in [-0.05, 0) is 62.1 Å². The van der Waals surface area contributed by atoms with Crippen LogP contribution < -0.4 is 10.6 Å². The third kappa shape index (κ3) is 8.75. The number of fused-ring (bicyclic) bond motifs is 1. The Morgan fingerprint density at radius 3 is 2.20 bits per heavy atom. The summed E-state index contributed by atoms with van der Waals surface area (Å²) in [6.07, 6.45) is 15.2. The minimum atomic E-state index is -0.760. The van der Waals surface area contributed by atoms with Crippen molar-refractivity contribution in [1.29, 1.82) is 0 Å². The summed E-state index contributed by atoms with van der Waals surface area (Å²) in [6, 6.07) is 2.55. The van der Waals surface area contributed by atoms with Gasteiger partial charge in [-0.2, -0.15) is 0 Å². The summed E-state index contributed by atoms with van der Waals surface area (Å²) >= 11 is 0. The molecule has 0 aromatic carbocycles. The number of nitrogens with zero attached hydrogens (tertiary/aromatic N) is 2. The van der Waals surface area contributed by atoms with E-state index in [0.29, 0.717) is 24.8 Å². The number of rotatable bonds is 11. The first-order valence-corrected chi connectivity index (χ1v) is 16.9. The fourth-order valence-corrected chi connectivity index (χ4v) is 7.41. The maximum absolute atomic E-state index is 14.3. The summed E-state index contributed by atoms with van der Waals surface area (Å²) in [7, 11) is 1.63. The fourth-order valence-electron chi connectivity index (χ4n) is 7.41. The topological polar surface area (TPSA) is 116 Å². The Kier molecular flexibility index (Phi) is 11.7. The van der Waals surface area contributed by atoms with Crippen molar-refractivity contribution in [3.63, 3.8) is 0 Å². The molecule has 3 N–H and O–H groups in total. The van der Waals surface area contributed by atoms with Crippen LogP contribution >= 0.6 is 0 Å². The Hall–Kier alpha value is -3.10. The number of hydrogen-bond acceptors (Lipinski definition) is 5. The molecule has 2 saturated carbocycles. The van der Waals surface area contributed by atoms with Crippen LogP contribution in [0.3, 0.4) is 0 Å². The van der Waals surface area contributed by atoms with E-state index in [2.05, 4.69) is 20.6 Å². The van der Waals surface area contributed by atoms with Crippen LogP contribution in [0.5, 0.6) is 0 Å². The lowest BCUT2D eigenvalue weighted by molar-refractivity contribution is -0.135. The molecule has 2 aliphatic rings. The molecule has 44 heavy (non-hydrogen) atoms. The zero-order valence-electron chi connectivity index (χ0n) is 27.8. The number of H-pyrrole nitrogens is 1. The summed E-state index contributed by atoms with van der Waals surface area (Å²) in [5.74, 6) is 0.238. The number of pyridine rings is 1. The third-order valence-electron chi connectivity index (χ3n) is 9.83. The van der Waals surface area contributed by atoms with Crippen LogP contribution in [0.1, 0.15) is 111 Å². The van der Waals surface area contributed by atoms with Crippen LogP contribution in [-0.2, 0) is 20.9 Å². The lowest BCUT2D eigenvalue weighted by Gasteiger charge is -2.43. The molecule has 3 amide bonds. The molecule has 9 heteroatoms. The maximum atomic E-state index is 14.3. The smallest absolute Gasteiger partial charge is 0.410 e. The van der Waals surface area contributed by atoms with Gasteiger partial charge in [0.25, 0.3) is 0 Å². The van der Waals surface area contributed by atoms with Crippen LogP contribution in [-0.4, -0.2) is 57.5 Å². The maximum Gasteiger partial charge on any atom is 0.410 e. The molecule has 244 valence electrons. The lowest BCUT2D eigenvalue weighted by Crippen LogP contribution is -2.60. The number of ether oxygens (including phenoxy) is 1. The van der Waals surface area contributed by atoms with Gasteiger partial charge in [-0.1, -0.05) is 84.5 Å². The first kappa shape index (κ1) is 33.8. The number of hydrogen-bond donors (Lipinski definition) is 3. The standard InChI is InChI=1S/C35H55N5O4/c1-7-23(2)30(40(6)34(43)44-35(3,4)5)33(42)39-29(28(25-14-10-8-11-15-25)26-16-12-9-13-17-26)32(41)38-22-24-20-27-18-19-36-31(27)37-21-24/h18-21,23,25-26,28-30H,7-17,22H2,1-6H3,(H,36,37)(H,38,41)(H,39,42)/t23?,29-,30+/m1/s1. The summed E-state index contributed by atoms with van der Waals surface area (Å²) in [5.41, 5.74) is 1.03. The quantitative estimate of drug-likeness (QED) is 0.261. The molecule has 0 aliphatic heterocycles. The second-order valence-corrected chi connectivity index (χ2v) is 14.3. The zero-order valence-corrected chi connectivity index (χ0v) is 27.8. The molecule has 3 atom stereocenters. The van der Waals surface area contributed by atoms with Crippen LogP contribution in [0.4, 0.5) is 4.79 Å². The predicted octanol–water partition coefficient (Wildman–Crippen LogP) is 6.72. The number of carbonyl (C=O) groups is 3. The highest BCUT2D eigenvalue weighted by Crippen LogP contribution is 2.42. The van der Waals surface area contributed by atoms with Gasteiger partial charge in [0.05, 0.1) is 0 Å². The highest BCUT2D eigenvalue weighted by atomic mass is 16.6. The summed E-state index contributed by atoms with van der Waals surface area (Å²) in [5, 5.41) is 7.43. The van der Waals surface area contributed by atoms with Crippen molar-refractivity contribution < 1.29 is 19.1 Å². The average molecular weight is 610 g/mol. The Labute approximate surface area is 263 Å². The summed E-state index contributed by atoms with van der Waals surface area (Å²) in [6.45, 7) is 9.78. The molecule has 2 aromatic heterocycles. The van der Waals surface area contributed by atoms with Gasteiger partial charge in [-0.3, -0.25) is 14.5 Å². The van der Waals surface area contributed by atoms with Crippen molar-refractivity contribution in [2.45, 2.75) is 129 Å². The minimum Gasteiger partial charge on any atom is -0.444 e. The monoisotopic (exact) mass is 609 g/mol. The number of aromatic nitrogens is 2. The van der Waals surface area contributed by atoms with E-state index in [1.54, 1.807) is 13.2 Å². The normalized spacial score (nSPS) is 18.9. The van der Waals surface area contributed by atoms with Crippen molar-refractivity contribution in [2.24, 2.45) is 23.7 Å². The third-order valence-corrected chi connectivity index (χ3v) is 9.83. The van der Waals surface area contributed by atoms with E-state index < -0.39 is 23.8 Å². The Morgan fingerprint density at radius 2 is 1.64 bits per heavy atom. The largest absolute Gasteiger partial charge is 0.444 e. The molecule has 2 fully saturated rings. The number of nitrogens with one attached hydrogen (secondary N) is 3. The highest BCUT2D eigenvalue weighted by Gasteiger charge is 2.43. The summed E-state index contributed by atoms with van der Waals surface area (Å²) in [4.78, 5) is 50.7. The van der Waals surface area contributed by atoms with Gasteiger partial charge in [-0.15, -0.1) is 0 Å². The van der Waals surface area contributed by atoms with Gasteiger partial charge in [0, 0.05) is 31.4 Å². The van der Waals surface area contributed by atoms with E-state index >= 15 is 0 Å². The van der Waals surface area contributed by atoms with E-state index in [9.17, 15) is 14.4 Å². The van der Waals surface area contributed by atoms with Gasteiger partial charge in [0.15, 0.2) is 0 Å². The molecule has 1 unspecified atom stereocenters. The SMILES string of the molecule is CCC(C)[C@@H](C(=O)N[C@@H](C(=O)NCc1cnc2[nH]ccc2c1)C(C1CCCCC1)C1CCCCC1)N(C)C(=O)OC(C)(C)C. The zero-order chi connectivity index (χ0) is 31.9. The first-order valence-electron chi connectivity index (χ1n) is 16.9. The van der Waals surface area contributed by atoms with Gasteiger partial charge in [-0.25, -0.2) is 9.78 Å². The fraction of sp³-hybridized carbons (Fsp3) is 0.714. The molecule has 4 rings (SSSR count). The molecule has 0 radical (unpaired) electrons. The first-order chi connectivity index (χ1) is 21.0. The van der Waals surface area contributed by atoms with E-state index in [1.165, 1.54) is 17.7 Å². The number of aromatic amines is 1. The Bertz CT molecular complexity index is 1220. The number of carbonyl (C=O) groups excluding carboxylic acids is 3. The molecule has 2 aromatic rings. The Morgan fingerprint density at radius 1 is 1.02 bits per heavy atom. The van der Waals surface area contributed by atoms with Crippen molar-refractivity contribution in [3.8, 4) is 0 Å². The van der Waals surface area contributed by atoms with Crippen molar-refractivity contribution >= 4 is 28.9 Å². The van der Waals surface area contributed by atoms with E-state index in [0.717, 1.165) is 68.0 Å². The van der Waals surface area contributed by atoms with Gasteiger partial charge in [0.2, 0.25) is 11.8 Å². The predicted molar refractivity (Wildman–Crippen MR) is 174 cm³/mol. The van der Waals surface area contributed by atoms with E-state index in [4.69, 9.17) is 4.74 Å². The van der Waals surface area contributed by atoms with E-state index in [-0.39, 0.29) is 23.7 Å². The Balaban J connectivity index is 1.63. The van der Waals surface area contributed by atoms with Crippen LogP contribution in [0.15, 0.2) is 24.5 Å². The molecular formula is C35H55N5O4. The second kappa shape index (κ2) is 15.3. The highest BCUT2D eigenvalue weighted by molar-refractivity contribution is 5.91. The van der Waals surface area contributed by atoms with Gasteiger partial charge in [0.1, 0.15) is 23.3 Å². The van der Waals surface area contributed by atoms with Crippen molar-refractivity contribution in [1.82, 2.24) is 25.5 Å².